The summed E-state index contributed by atoms with van der Waals surface area (Å²) in [6.45, 7) is 2.59. The third kappa shape index (κ3) is 4.01. The summed E-state index contributed by atoms with van der Waals surface area (Å²) in [5, 5.41) is 0.395. The van der Waals surface area contributed by atoms with Gasteiger partial charge in [-0.15, -0.1) is 11.8 Å². The SMILES string of the molecule is CCOc1ccc(N)c(SCc2cnc(Cl)cn2)c1. The number of halogens is 1. The molecule has 1 aromatic heterocycles. The van der Waals surface area contributed by atoms with E-state index in [1.165, 1.54) is 6.20 Å². The highest BCUT2D eigenvalue weighted by molar-refractivity contribution is 7.98. The van der Waals surface area contributed by atoms with Crippen LogP contribution in [0.25, 0.3) is 0 Å². The minimum atomic E-state index is 0.395. The lowest BCUT2D eigenvalue weighted by Crippen LogP contribution is -1.95. The van der Waals surface area contributed by atoms with Crippen LogP contribution in [0, 0.1) is 0 Å². The molecule has 4 nitrogen and oxygen atoms in total. The Bertz CT molecular complexity index is 548. The number of anilines is 1. The molecule has 0 radical (unpaired) electrons. The van der Waals surface area contributed by atoms with Crippen molar-refractivity contribution >= 4 is 29.1 Å². The second kappa shape index (κ2) is 6.63. The highest BCUT2D eigenvalue weighted by Crippen LogP contribution is 2.31. The Morgan fingerprint density at radius 1 is 1.32 bits per heavy atom. The molecule has 6 heteroatoms. The van der Waals surface area contributed by atoms with Gasteiger partial charge in [0, 0.05) is 16.3 Å². The van der Waals surface area contributed by atoms with Crippen molar-refractivity contribution in [2.24, 2.45) is 0 Å². The fraction of sp³-hybridized carbons (Fsp3) is 0.231. The maximum Gasteiger partial charge on any atom is 0.147 e. The van der Waals surface area contributed by atoms with E-state index in [1.807, 2.05) is 25.1 Å². The molecular weight excluding hydrogens is 282 g/mol. The fourth-order valence-corrected chi connectivity index (χ4v) is 2.45. The van der Waals surface area contributed by atoms with E-state index in [1.54, 1.807) is 18.0 Å². The molecule has 0 aliphatic carbocycles. The molecule has 0 fully saturated rings. The normalized spacial score (nSPS) is 10.4. The van der Waals surface area contributed by atoms with Gasteiger partial charge < -0.3 is 10.5 Å². The van der Waals surface area contributed by atoms with Crippen molar-refractivity contribution < 1.29 is 4.74 Å². The summed E-state index contributed by atoms with van der Waals surface area (Å²) in [6.07, 6.45) is 3.20. The molecule has 0 atom stereocenters. The van der Waals surface area contributed by atoms with Crippen molar-refractivity contribution in [1.82, 2.24) is 9.97 Å². The van der Waals surface area contributed by atoms with Gasteiger partial charge in [0.15, 0.2) is 0 Å². The number of benzene rings is 1. The quantitative estimate of drug-likeness (QED) is 0.676. The number of nitrogens with zero attached hydrogens (tertiary/aromatic N) is 2. The van der Waals surface area contributed by atoms with Crippen molar-refractivity contribution in [1.29, 1.82) is 0 Å². The van der Waals surface area contributed by atoms with E-state index in [-0.39, 0.29) is 0 Å². The minimum Gasteiger partial charge on any atom is -0.494 e. The van der Waals surface area contributed by atoms with Gasteiger partial charge in [0.05, 0.1) is 24.7 Å². The highest BCUT2D eigenvalue weighted by atomic mass is 35.5. The number of thioether (sulfide) groups is 1. The van der Waals surface area contributed by atoms with Crippen LogP contribution >= 0.6 is 23.4 Å². The van der Waals surface area contributed by atoms with E-state index >= 15 is 0 Å². The number of nitrogen functional groups attached to an aromatic ring is 1. The van der Waals surface area contributed by atoms with E-state index in [9.17, 15) is 0 Å². The molecule has 19 heavy (non-hydrogen) atoms. The largest absolute Gasteiger partial charge is 0.494 e. The molecule has 2 aromatic rings. The van der Waals surface area contributed by atoms with Gasteiger partial charge in [0.2, 0.25) is 0 Å². The lowest BCUT2D eigenvalue weighted by molar-refractivity contribution is 0.339. The predicted octanol–water partition coefficient (Wildman–Crippen LogP) is 3.40. The average Bonchev–Trinajstić information content (AvgIpc) is 2.41. The standard InChI is InChI=1S/C13H14ClN3OS/c1-2-18-10-3-4-11(15)12(5-10)19-8-9-6-17-13(14)7-16-9/h3-7H,2,8,15H2,1H3. The van der Waals surface area contributed by atoms with Crippen LogP contribution < -0.4 is 10.5 Å². The zero-order valence-electron chi connectivity index (χ0n) is 10.5. The summed E-state index contributed by atoms with van der Waals surface area (Å²) < 4.78 is 5.45. The zero-order valence-corrected chi connectivity index (χ0v) is 12.0. The van der Waals surface area contributed by atoms with E-state index in [0.717, 1.165) is 22.0 Å². The molecule has 1 heterocycles. The first-order valence-corrected chi connectivity index (χ1v) is 7.17. The van der Waals surface area contributed by atoms with Crippen molar-refractivity contribution in [3.63, 3.8) is 0 Å². The van der Waals surface area contributed by atoms with Crippen LogP contribution in [-0.4, -0.2) is 16.6 Å². The van der Waals surface area contributed by atoms with Gasteiger partial charge in [-0.3, -0.25) is 4.98 Å². The Morgan fingerprint density at radius 3 is 2.84 bits per heavy atom. The van der Waals surface area contributed by atoms with Crippen LogP contribution in [0.5, 0.6) is 5.75 Å². The Hall–Kier alpha value is -1.46. The molecular formula is C13H14ClN3OS. The van der Waals surface area contributed by atoms with Gasteiger partial charge in [0.1, 0.15) is 10.9 Å². The maximum atomic E-state index is 5.94. The molecule has 0 saturated heterocycles. The van der Waals surface area contributed by atoms with Gasteiger partial charge in [-0.25, -0.2) is 4.98 Å². The topological polar surface area (TPSA) is 61.0 Å². The summed E-state index contributed by atoms with van der Waals surface area (Å²) in [5.74, 6) is 1.51. The van der Waals surface area contributed by atoms with Crippen molar-refractivity contribution in [3.8, 4) is 5.75 Å². The second-order valence-corrected chi connectivity index (χ2v) is 5.16. The molecule has 0 unspecified atom stereocenters. The predicted molar refractivity (Wildman–Crippen MR) is 78.6 cm³/mol. The molecule has 0 spiro atoms. The molecule has 2 N–H and O–H groups in total. The summed E-state index contributed by atoms with van der Waals surface area (Å²) in [5.41, 5.74) is 7.53. The van der Waals surface area contributed by atoms with Crippen LogP contribution in [-0.2, 0) is 5.75 Å². The van der Waals surface area contributed by atoms with Crippen LogP contribution in [0.2, 0.25) is 5.15 Å². The second-order valence-electron chi connectivity index (χ2n) is 3.75. The van der Waals surface area contributed by atoms with Crippen molar-refractivity contribution in [2.75, 3.05) is 12.3 Å². The monoisotopic (exact) mass is 295 g/mol. The molecule has 0 aliphatic heterocycles. The average molecular weight is 296 g/mol. The number of hydrogen-bond acceptors (Lipinski definition) is 5. The number of ether oxygens (including phenoxy) is 1. The summed E-state index contributed by atoms with van der Waals surface area (Å²) in [4.78, 5) is 9.16. The molecule has 2 rings (SSSR count). The van der Waals surface area contributed by atoms with Gasteiger partial charge in [-0.2, -0.15) is 0 Å². The number of rotatable bonds is 5. The third-order valence-electron chi connectivity index (χ3n) is 2.35. The van der Waals surface area contributed by atoms with E-state index in [0.29, 0.717) is 17.5 Å². The number of nitrogens with two attached hydrogens (primary N) is 1. The van der Waals surface area contributed by atoms with Crippen LogP contribution in [0.15, 0.2) is 35.5 Å². The van der Waals surface area contributed by atoms with Crippen molar-refractivity contribution in [2.45, 2.75) is 17.6 Å². The minimum absolute atomic E-state index is 0.395. The van der Waals surface area contributed by atoms with Crippen LogP contribution in [0.1, 0.15) is 12.6 Å². The van der Waals surface area contributed by atoms with Gasteiger partial charge in [0.25, 0.3) is 0 Å². The molecule has 0 aliphatic rings. The highest BCUT2D eigenvalue weighted by Gasteiger charge is 2.04. The molecule has 100 valence electrons. The molecule has 0 saturated carbocycles. The third-order valence-corrected chi connectivity index (χ3v) is 3.65. The molecule has 0 bridgehead atoms. The number of hydrogen-bond donors (Lipinski definition) is 1. The lowest BCUT2D eigenvalue weighted by atomic mass is 10.3. The summed E-state index contributed by atoms with van der Waals surface area (Å²) in [7, 11) is 0. The van der Waals surface area contributed by atoms with Gasteiger partial charge in [-0.1, -0.05) is 11.6 Å². The smallest absolute Gasteiger partial charge is 0.147 e. The van der Waals surface area contributed by atoms with Crippen molar-refractivity contribution in [3.05, 3.63) is 41.4 Å². The molecule has 1 aromatic carbocycles. The zero-order chi connectivity index (χ0) is 13.7. The Morgan fingerprint density at radius 2 is 2.16 bits per heavy atom. The van der Waals surface area contributed by atoms with E-state index < -0.39 is 0 Å². The van der Waals surface area contributed by atoms with Gasteiger partial charge >= 0.3 is 0 Å². The maximum absolute atomic E-state index is 5.94. The lowest BCUT2D eigenvalue weighted by Gasteiger charge is -2.08. The fourth-order valence-electron chi connectivity index (χ4n) is 1.46. The first-order chi connectivity index (χ1) is 9.19. The van der Waals surface area contributed by atoms with E-state index in [2.05, 4.69) is 9.97 Å². The Labute approximate surface area is 121 Å². The van der Waals surface area contributed by atoms with Gasteiger partial charge in [-0.05, 0) is 25.1 Å². The number of aromatic nitrogens is 2. The summed E-state index contributed by atoms with van der Waals surface area (Å²) in [6, 6.07) is 5.65. The van der Waals surface area contributed by atoms with Crippen LogP contribution in [0.4, 0.5) is 5.69 Å². The first kappa shape index (κ1) is 14.0. The first-order valence-electron chi connectivity index (χ1n) is 5.80. The summed E-state index contributed by atoms with van der Waals surface area (Å²) >= 11 is 7.29. The van der Waals surface area contributed by atoms with E-state index in [4.69, 9.17) is 22.1 Å². The Balaban J connectivity index is 2.05. The Kier molecular flexibility index (Phi) is 4.87. The molecule has 0 amide bonds. The van der Waals surface area contributed by atoms with Crippen LogP contribution in [0.3, 0.4) is 0 Å².